The molecule has 44 heteroatoms. The predicted octanol–water partition coefficient (Wildman–Crippen LogP) is 13.4. The number of alkyl halides is 8. The van der Waals surface area contributed by atoms with Crippen molar-refractivity contribution in [1.82, 2.24) is 0 Å². The number of esters is 4. The molecule has 8 N–H and O–H groups in total. The van der Waals surface area contributed by atoms with Crippen LogP contribution in [-0.4, -0.2) is 258 Å². The molecule has 8 unspecified atom stereocenters. The zero-order chi connectivity index (χ0) is 101. The molecule has 4 fully saturated rings. The van der Waals surface area contributed by atoms with Gasteiger partial charge in [-0.15, -0.1) is 0 Å². The minimum absolute atomic E-state index is 0.105. The van der Waals surface area contributed by atoms with Gasteiger partial charge in [0.05, 0.1) is 69.2 Å². The van der Waals surface area contributed by atoms with Crippen LogP contribution in [0.5, 0.6) is 0 Å². The lowest BCUT2D eigenvalue weighted by Crippen LogP contribution is -2.51. The monoisotopic (exact) mass is 1940 g/mol. The van der Waals surface area contributed by atoms with E-state index < -0.39 is 205 Å². The van der Waals surface area contributed by atoms with Crippen LogP contribution in [0.25, 0.3) is 0 Å². The molecule has 32 nitrogen and oxygen atoms in total. The molecule has 4 aliphatic carbocycles. The van der Waals surface area contributed by atoms with Gasteiger partial charge < -0.3 is 97.0 Å². The second-order valence-corrected chi connectivity index (χ2v) is 39.5. The molecule has 0 saturated heterocycles. The topological polar surface area (TPSA) is 533 Å². The van der Waals surface area contributed by atoms with Gasteiger partial charge in [-0.25, -0.2) is 52.8 Å². The van der Waals surface area contributed by atoms with E-state index >= 15 is 0 Å². The molecule has 127 heavy (non-hydrogen) atoms. The lowest BCUT2D eigenvalue weighted by atomic mass is 9.68. The minimum atomic E-state index is -6.00. The molecule has 0 aliphatic heterocycles. The molecule has 0 aromatic carbocycles. The molecule has 0 amide bonds. The highest BCUT2D eigenvalue weighted by Gasteiger charge is 2.67. The Morgan fingerprint density at radius 2 is 0.488 bits per heavy atom. The fourth-order valence-electron chi connectivity index (χ4n) is 11.5. The van der Waals surface area contributed by atoms with E-state index in [1.54, 1.807) is 27.7 Å². The van der Waals surface area contributed by atoms with E-state index in [0.29, 0.717) is 72.6 Å². The normalized spacial score (nSPS) is 19.3. The Morgan fingerprint density at radius 3 is 0.654 bits per heavy atom. The lowest BCUT2D eigenvalue weighted by molar-refractivity contribution is -0.180. The maximum Gasteiger partial charge on any atom is 0.370 e. The van der Waals surface area contributed by atoms with Crippen LogP contribution in [0.4, 0.5) is 35.1 Å². The van der Waals surface area contributed by atoms with Crippen LogP contribution in [0, 0.1) is 17.8 Å². The first kappa shape index (κ1) is 132. The number of hydrogen-bond acceptors (Lipinski definition) is 32. The summed E-state index contributed by atoms with van der Waals surface area (Å²) in [5.41, 5.74) is -5.26. The number of rotatable bonds is 43. The Hall–Kier alpha value is -3.52. The number of carbonyl (C=O) groups excluding carboxylic acids is 4. The minimum Gasteiger partial charge on any atom is -0.743 e. The molecular weight excluding hydrogens is 1790 g/mol. The second kappa shape index (κ2) is 58.0. The van der Waals surface area contributed by atoms with E-state index in [-0.39, 0.29) is 18.1 Å². The zero-order valence-corrected chi connectivity index (χ0v) is 82.6. The first-order valence-electron chi connectivity index (χ1n) is 43.8. The Balaban J connectivity index is -0.000000464. The molecule has 764 valence electrons. The lowest BCUT2D eigenvalue weighted by Gasteiger charge is -2.46. The van der Waals surface area contributed by atoms with E-state index in [2.05, 4.69) is 18.9 Å². The maximum atomic E-state index is 13.4. The van der Waals surface area contributed by atoms with Gasteiger partial charge in [0.1, 0.15) is 26.4 Å². The summed E-state index contributed by atoms with van der Waals surface area (Å²) in [5.74, 6) is -5.81. The molecule has 0 aromatic heterocycles. The first-order chi connectivity index (χ1) is 57.4. The highest BCUT2D eigenvalue weighted by atomic mass is 32.2. The van der Waals surface area contributed by atoms with E-state index in [0.717, 1.165) is 128 Å². The Morgan fingerprint density at radius 1 is 0.299 bits per heavy atom. The summed E-state index contributed by atoms with van der Waals surface area (Å²) in [6.07, 6.45) is 9.64. The molecule has 0 heterocycles. The van der Waals surface area contributed by atoms with Crippen LogP contribution in [0.15, 0.2) is 0 Å². The molecule has 4 aliphatic rings. The van der Waals surface area contributed by atoms with Crippen LogP contribution < -0.4 is 0 Å². The van der Waals surface area contributed by atoms with Gasteiger partial charge in [-0.2, -0.15) is 35.1 Å². The quantitative estimate of drug-likeness (QED) is 0.0122. The zero-order valence-electron chi connectivity index (χ0n) is 79.3. The summed E-state index contributed by atoms with van der Waals surface area (Å²) in [7, 11) is -23.7. The van der Waals surface area contributed by atoms with Gasteiger partial charge in [-0.3, -0.25) is 0 Å². The van der Waals surface area contributed by atoms with Gasteiger partial charge in [-0.05, 0) is 204 Å². The number of hydrogen-bond donors (Lipinski definition) is 8. The number of ether oxygens (including phenoxy) is 8. The SMILES string of the molecule is CC(OC(=O)COC1CCCC1)C(F)(F)S(=O)(=O)[O-].CC(OC(=O)COC1CCCCC1)C(F)(F)S(=O)(=O)[O-].CCC(C)(O)CC.CCC(C)(O)CC.CCC(C)(O)CC.CCC(C)(O)CC.CCC(C)(O)CC.CCC(O)(CC)C1C(OCC(=O)OC(C)C(F)(F)S(=O)(=O)[O-])C1C(O)(CC)CC.CCC(O)(CC)C1CCC1OCC(=O)OC(C)C(F)(F)S(=O)(=O)[O-]. The largest absolute Gasteiger partial charge is 0.743 e. The van der Waals surface area contributed by atoms with E-state index in [1.807, 2.05) is 118 Å². The van der Waals surface area contributed by atoms with Crippen LogP contribution in [0.3, 0.4) is 0 Å². The smallest absolute Gasteiger partial charge is 0.370 e. The molecule has 4 rings (SSSR count). The average Bonchev–Trinajstić information content (AvgIpc) is 1.55. The Labute approximate surface area is 750 Å². The summed E-state index contributed by atoms with van der Waals surface area (Å²) in [6, 6.07) is 0. The second-order valence-electron chi connectivity index (χ2n) is 33.7. The Bertz CT molecular complexity index is 3410. The summed E-state index contributed by atoms with van der Waals surface area (Å²) in [4.78, 5) is 45.9. The van der Waals surface area contributed by atoms with E-state index in [1.165, 1.54) is 0 Å². The molecule has 4 saturated carbocycles. The predicted molar refractivity (Wildman–Crippen MR) is 454 cm³/mol. The summed E-state index contributed by atoms with van der Waals surface area (Å²) in [5, 5.41) is 59.0. The van der Waals surface area contributed by atoms with Gasteiger partial charge >= 0.3 is 44.9 Å². The van der Waals surface area contributed by atoms with Crippen molar-refractivity contribution in [2.24, 2.45) is 17.8 Å². The van der Waals surface area contributed by atoms with Crippen molar-refractivity contribution in [3.8, 4) is 0 Å². The first-order valence-corrected chi connectivity index (χ1v) is 49.4. The van der Waals surface area contributed by atoms with Crippen molar-refractivity contribution in [2.45, 2.75) is 461 Å². The molecule has 0 spiro atoms. The van der Waals surface area contributed by atoms with Crippen molar-refractivity contribution in [2.75, 3.05) is 26.4 Å². The van der Waals surface area contributed by atoms with Crippen molar-refractivity contribution in [3.05, 3.63) is 0 Å². The highest BCUT2D eigenvalue weighted by Crippen LogP contribution is 2.58. The summed E-state index contributed by atoms with van der Waals surface area (Å²) < 4.78 is 269. The van der Waals surface area contributed by atoms with Crippen LogP contribution >= 0.6 is 0 Å². The van der Waals surface area contributed by atoms with Gasteiger partial charge in [0.15, 0.2) is 64.9 Å². The number of halogens is 8. The van der Waals surface area contributed by atoms with Crippen molar-refractivity contribution in [3.63, 3.8) is 0 Å². The Kier molecular flexibility index (Phi) is 60.3. The average molecular weight is 1950 g/mol. The van der Waals surface area contributed by atoms with Gasteiger partial charge in [0.2, 0.25) is 0 Å². The van der Waals surface area contributed by atoms with Crippen molar-refractivity contribution in [1.29, 1.82) is 0 Å². The van der Waals surface area contributed by atoms with Gasteiger partial charge in [0, 0.05) is 17.8 Å². The summed E-state index contributed by atoms with van der Waals surface area (Å²) >= 11 is 0. The summed E-state index contributed by atoms with van der Waals surface area (Å²) in [6.45, 7) is 40.0. The third-order valence-corrected chi connectivity index (χ3v) is 28.4. The van der Waals surface area contributed by atoms with Gasteiger partial charge in [0.25, 0.3) is 0 Å². The number of aliphatic hydroxyl groups is 8. The number of carbonyl (C=O) groups is 4. The molecule has 0 aromatic rings. The van der Waals surface area contributed by atoms with Crippen LogP contribution in [0.1, 0.15) is 346 Å². The van der Waals surface area contributed by atoms with Crippen molar-refractivity contribution >= 4 is 64.3 Å². The van der Waals surface area contributed by atoms with E-state index in [4.69, 9.17) is 44.5 Å². The van der Waals surface area contributed by atoms with E-state index in [9.17, 15) is 122 Å². The van der Waals surface area contributed by atoms with Crippen LogP contribution in [-0.2, 0) is 97.5 Å². The standard InChI is InChI=1S/C18H32F2O8S.C14H24F2O7S.C11H18F2O6S.C10H16F2O6S.5C6H14O/c1-6-16(22,7-2)13-14(17(23,8-3)9-4)15(13)27-10-12(21)28-11(5)18(19,20)29(24,25)26;1-4-13(18,5-2)10-6-7-11(10)22-8-12(17)23-9(3)14(15,16)24(19,20)21;1-8(11(12,13)20(15,16)17)19-10(14)7-18-9-5-3-2-4-6-9;1-7(10(11,12)19(14,15)16)18-9(13)6-17-8-4-2-3-5-8;5*1-4-6(3,7)5-2/h11,13-15,22-23H,6-10H2,1-5H3,(H,24,25,26);9-11,18H,4-8H2,1-3H3,(H,19,20,21);8-9H,2-7H2,1H3,(H,15,16,17);7-8H,2-6H2,1H3,(H,14,15,16);5*7H,4-5H2,1-3H3/p-4. The highest BCUT2D eigenvalue weighted by molar-refractivity contribution is 7.87. The molecule has 0 radical (unpaired) electrons. The van der Waals surface area contributed by atoms with Crippen molar-refractivity contribution < 1.29 is 185 Å². The molecule has 0 bridgehead atoms. The third-order valence-electron chi connectivity index (χ3n) is 24.4. The molecular formula is C83H156F8O32S4-4. The van der Waals surface area contributed by atoms with Gasteiger partial charge in [-0.1, -0.05) is 143 Å². The fraction of sp³-hybridized carbons (Fsp3) is 0.952. The molecule has 8 atom stereocenters. The fourth-order valence-corrected chi connectivity index (χ4v) is 13.4. The van der Waals surface area contributed by atoms with Crippen LogP contribution in [0.2, 0.25) is 0 Å². The third kappa shape index (κ3) is 48.0. The maximum absolute atomic E-state index is 13.4.